The third kappa shape index (κ3) is 3.93. The van der Waals surface area contributed by atoms with Crippen molar-refractivity contribution in [3.63, 3.8) is 0 Å². The first-order valence-corrected chi connectivity index (χ1v) is 6.54. The summed E-state index contributed by atoms with van der Waals surface area (Å²) in [7, 11) is 1.91. The first-order valence-electron chi connectivity index (χ1n) is 6.54. The van der Waals surface area contributed by atoms with E-state index in [-0.39, 0.29) is 12.0 Å². The third-order valence-electron chi connectivity index (χ3n) is 3.06. The highest BCUT2D eigenvalue weighted by Gasteiger charge is 2.21. The Balaban J connectivity index is 3.10. The van der Waals surface area contributed by atoms with Gasteiger partial charge in [-0.1, -0.05) is 27.7 Å². The molecule has 0 fully saturated rings. The minimum Gasteiger partial charge on any atom is -0.396 e. The lowest BCUT2D eigenvalue weighted by Crippen LogP contribution is -2.34. The van der Waals surface area contributed by atoms with Crippen molar-refractivity contribution in [3.8, 4) is 6.07 Å². The number of hydrogen-bond donors (Lipinski definition) is 1. The summed E-state index contributed by atoms with van der Waals surface area (Å²) in [6.45, 7) is 8.88. The van der Waals surface area contributed by atoms with Gasteiger partial charge in [0.1, 0.15) is 11.9 Å². The summed E-state index contributed by atoms with van der Waals surface area (Å²) in [5, 5.41) is 18.5. The number of anilines is 1. The van der Waals surface area contributed by atoms with Crippen LogP contribution in [0.2, 0.25) is 0 Å². The van der Waals surface area contributed by atoms with Crippen LogP contribution in [0.3, 0.4) is 0 Å². The average molecular weight is 261 g/mol. The van der Waals surface area contributed by atoms with E-state index < -0.39 is 0 Å². The number of aliphatic hydroxyl groups is 1. The molecule has 0 saturated heterocycles. The van der Waals surface area contributed by atoms with Crippen molar-refractivity contribution >= 4 is 5.82 Å². The standard InChI is InChI=1S/C15H23N3O/c1-11(2)13-7-6-12(8-16)14(17-13)18(5)9-15(3,4)10-19/h6-7,11,19H,9-10H2,1-5H3. The highest BCUT2D eigenvalue weighted by molar-refractivity contribution is 5.54. The van der Waals surface area contributed by atoms with Crippen LogP contribution in [0, 0.1) is 16.7 Å². The molecule has 4 heteroatoms. The molecule has 104 valence electrons. The minimum absolute atomic E-state index is 0.100. The predicted octanol–water partition coefficient (Wildman–Crippen LogP) is 2.53. The van der Waals surface area contributed by atoms with E-state index >= 15 is 0 Å². The van der Waals surface area contributed by atoms with E-state index in [0.29, 0.717) is 23.8 Å². The molecular weight excluding hydrogens is 238 g/mol. The molecule has 0 amide bonds. The van der Waals surface area contributed by atoms with Gasteiger partial charge in [-0.05, 0) is 18.1 Å². The van der Waals surface area contributed by atoms with E-state index in [1.165, 1.54) is 0 Å². The molecule has 0 saturated carbocycles. The maximum Gasteiger partial charge on any atom is 0.146 e. The Morgan fingerprint density at radius 3 is 2.53 bits per heavy atom. The fourth-order valence-corrected chi connectivity index (χ4v) is 1.93. The van der Waals surface area contributed by atoms with Gasteiger partial charge < -0.3 is 10.0 Å². The van der Waals surface area contributed by atoms with Gasteiger partial charge in [0.05, 0.1) is 5.56 Å². The highest BCUT2D eigenvalue weighted by Crippen LogP contribution is 2.24. The van der Waals surface area contributed by atoms with Gasteiger partial charge in [-0.25, -0.2) is 4.98 Å². The van der Waals surface area contributed by atoms with E-state index in [1.54, 1.807) is 0 Å². The van der Waals surface area contributed by atoms with Crippen molar-refractivity contribution in [2.24, 2.45) is 5.41 Å². The maximum absolute atomic E-state index is 9.35. The lowest BCUT2D eigenvalue weighted by atomic mass is 9.94. The van der Waals surface area contributed by atoms with Crippen LogP contribution < -0.4 is 4.90 Å². The Bertz CT molecular complexity index is 475. The second-order valence-electron chi connectivity index (χ2n) is 6.05. The molecule has 0 bridgehead atoms. The normalized spacial score (nSPS) is 11.5. The van der Waals surface area contributed by atoms with Gasteiger partial charge in [-0.3, -0.25) is 0 Å². The van der Waals surface area contributed by atoms with Crippen molar-refractivity contribution in [1.29, 1.82) is 5.26 Å². The monoisotopic (exact) mass is 261 g/mol. The number of hydrogen-bond acceptors (Lipinski definition) is 4. The number of nitrogens with zero attached hydrogens (tertiary/aromatic N) is 3. The molecule has 4 nitrogen and oxygen atoms in total. The van der Waals surface area contributed by atoms with Gasteiger partial charge >= 0.3 is 0 Å². The van der Waals surface area contributed by atoms with E-state index in [0.717, 1.165) is 5.69 Å². The van der Waals surface area contributed by atoms with Gasteiger partial charge in [0.2, 0.25) is 0 Å². The van der Waals surface area contributed by atoms with Crippen molar-refractivity contribution < 1.29 is 5.11 Å². The molecule has 0 aliphatic carbocycles. The Morgan fingerprint density at radius 2 is 2.05 bits per heavy atom. The molecule has 1 heterocycles. The van der Waals surface area contributed by atoms with Crippen LogP contribution >= 0.6 is 0 Å². The highest BCUT2D eigenvalue weighted by atomic mass is 16.3. The summed E-state index contributed by atoms with van der Waals surface area (Å²) in [5.41, 5.74) is 1.32. The number of aliphatic hydroxyl groups excluding tert-OH is 1. The summed E-state index contributed by atoms with van der Waals surface area (Å²) in [6.07, 6.45) is 0. The largest absolute Gasteiger partial charge is 0.396 e. The summed E-state index contributed by atoms with van der Waals surface area (Å²) < 4.78 is 0. The lowest BCUT2D eigenvalue weighted by molar-refractivity contribution is 0.165. The SMILES string of the molecule is CC(C)c1ccc(C#N)c(N(C)CC(C)(C)CO)n1. The Hall–Kier alpha value is -1.60. The second-order valence-corrected chi connectivity index (χ2v) is 6.05. The molecule has 0 aliphatic rings. The van der Waals surface area contributed by atoms with E-state index in [2.05, 4.69) is 24.9 Å². The molecule has 1 aromatic heterocycles. The molecule has 1 aromatic rings. The van der Waals surface area contributed by atoms with Crippen LogP contribution in [-0.2, 0) is 0 Å². The topological polar surface area (TPSA) is 60.2 Å². The van der Waals surface area contributed by atoms with E-state index in [1.807, 2.05) is 37.9 Å². The quantitative estimate of drug-likeness (QED) is 0.884. The Kier molecular flexibility index (Phi) is 4.90. The van der Waals surface area contributed by atoms with Gasteiger partial charge in [0, 0.05) is 31.3 Å². The third-order valence-corrected chi connectivity index (χ3v) is 3.06. The first kappa shape index (κ1) is 15.5. The molecule has 0 atom stereocenters. The van der Waals surface area contributed by atoms with Crippen LogP contribution in [0.4, 0.5) is 5.82 Å². The van der Waals surface area contributed by atoms with Gasteiger partial charge in [0.25, 0.3) is 0 Å². The summed E-state index contributed by atoms with van der Waals surface area (Å²) in [5.74, 6) is 1.01. The number of pyridine rings is 1. The lowest BCUT2D eigenvalue weighted by Gasteiger charge is -2.30. The average Bonchev–Trinajstić information content (AvgIpc) is 2.37. The number of aromatic nitrogens is 1. The van der Waals surface area contributed by atoms with Crippen LogP contribution in [0.25, 0.3) is 0 Å². The molecule has 0 radical (unpaired) electrons. The summed E-state index contributed by atoms with van der Waals surface area (Å²) in [4.78, 5) is 6.53. The number of nitriles is 1. The fourth-order valence-electron chi connectivity index (χ4n) is 1.93. The zero-order valence-corrected chi connectivity index (χ0v) is 12.4. The Morgan fingerprint density at radius 1 is 1.42 bits per heavy atom. The van der Waals surface area contributed by atoms with Gasteiger partial charge in [-0.2, -0.15) is 5.26 Å². The zero-order chi connectivity index (χ0) is 14.6. The van der Waals surface area contributed by atoms with Crippen LogP contribution in [0.5, 0.6) is 0 Å². The second kappa shape index (κ2) is 6.03. The van der Waals surface area contributed by atoms with Gasteiger partial charge in [0.15, 0.2) is 0 Å². The number of rotatable bonds is 5. The molecule has 0 spiro atoms. The molecule has 0 unspecified atom stereocenters. The van der Waals surface area contributed by atoms with Crippen molar-refractivity contribution in [2.75, 3.05) is 25.1 Å². The zero-order valence-electron chi connectivity index (χ0n) is 12.4. The molecule has 0 aromatic carbocycles. The minimum atomic E-state index is -0.225. The molecular formula is C15H23N3O. The van der Waals surface area contributed by atoms with Crippen LogP contribution in [0.15, 0.2) is 12.1 Å². The van der Waals surface area contributed by atoms with E-state index in [4.69, 9.17) is 0 Å². The van der Waals surface area contributed by atoms with Crippen LogP contribution in [-0.4, -0.2) is 30.3 Å². The molecule has 19 heavy (non-hydrogen) atoms. The summed E-state index contributed by atoms with van der Waals surface area (Å²) >= 11 is 0. The smallest absolute Gasteiger partial charge is 0.146 e. The molecule has 1 rings (SSSR count). The predicted molar refractivity (Wildman–Crippen MR) is 77.2 cm³/mol. The van der Waals surface area contributed by atoms with Crippen molar-refractivity contribution in [3.05, 3.63) is 23.4 Å². The van der Waals surface area contributed by atoms with Crippen LogP contribution in [0.1, 0.15) is 44.9 Å². The maximum atomic E-state index is 9.35. The van der Waals surface area contributed by atoms with E-state index in [9.17, 15) is 10.4 Å². The molecule has 1 N–H and O–H groups in total. The van der Waals surface area contributed by atoms with Crippen molar-refractivity contribution in [2.45, 2.75) is 33.6 Å². The van der Waals surface area contributed by atoms with Gasteiger partial charge in [-0.15, -0.1) is 0 Å². The summed E-state index contributed by atoms with van der Waals surface area (Å²) in [6, 6.07) is 5.90. The van der Waals surface area contributed by atoms with Crippen molar-refractivity contribution in [1.82, 2.24) is 4.98 Å². The fraction of sp³-hybridized carbons (Fsp3) is 0.600. The first-order chi connectivity index (χ1) is 8.80. The molecule has 0 aliphatic heterocycles. The Labute approximate surface area is 115 Å².